The fourth-order valence-electron chi connectivity index (χ4n) is 1.94. The van der Waals surface area contributed by atoms with E-state index in [1.807, 2.05) is 35.8 Å². The molecule has 0 radical (unpaired) electrons. The highest BCUT2D eigenvalue weighted by Gasteiger charge is 2.15. The SMILES string of the molecule is Cc1nsc(-n2c(CC(N)=S)nc3ccccc32)n1. The van der Waals surface area contributed by atoms with Gasteiger partial charge in [-0.3, -0.25) is 4.57 Å². The van der Waals surface area contributed by atoms with Crippen molar-refractivity contribution in [2.75, 3.05) is 0 Å². The van der Waals surface area contributed by atoms with Gasteiger partial charge in [0.25, 0.3) is 0 Å². The summed E-state index contributed by atoms with van der Waals surface area (Å²) >= 11 is 6.33. The lowest BCUT2D eigenvalue weighted by Crippen LogP contribution is -2.14. The van der Waals surface area contributed by atoms with Gasteiger partial charge in [0, 0.05) is 11.5 Å². The fraction of sp³-hybridized carbons (Fsp3) is 0.167. The largest absolute Gasteiger partial charge is 0.393 e. The van der Waals surface area contributed by atoms with Crippen LogP contribution in [0.15, 0.2) is 24.3 Å². The zero-order valence-electron chi connectivity index (χ0n) is 10.2. The highest BCUT2D eigenvalue weighted by atomic mass is 32.1. The van der Waals surface area contributed by atoms with Crippen LogP contribution < -0.4 is 5.73 Å². The van der Waals surface area contributed by atoms with Crippen LogP contribution in [0.25, 0.3) is 16.2 Å². The van der Waals surface area contributed by atoms with Gasteiger partial charge in [-0.25, -0.2) is 9.97 Å². The number of hydrogen-bond donors (Lipinski definition) is 1. The quantitative estimate of drug-likeness (QED) is 0.747. The molecule has 0 fully saturated rings. The van der Waals surface area contributed by atoms with Crippen molar-refractivity contribution < 1.29 is 0 Å². The second kappa shape index (κ2) is 4.67. The second-order valence-corrected chi connectivity index (χ2v) is 5.37. The number of aromatic nitrogens is 4. The van der Waals surface area contributed by atoms with Gasteiger partial charge < -0.3 is 5.73 Å². The first-order valence-corrected chi connectivity index (χ1v) is 6.88. The third-order valence-electron chi connectivity index (χ3n) is 2.67. The van der Waals surface area contributed by atoms with Gasteiger partial charge in [0.15, 0.2) is 0 Å². The molecule has 2 N–H and O–H groups in total. The van der Waals surface area contributed by atoms with E-state index >= 15 is 0 Å². The zero-order chi connectivity index (χ0) is 13.4. The van der Waals surface area contributed by atoms with E-state index in [-0.39, 0.29) is 0 Å². The molecule has 0 saturated carbocycles. The Bertz CT molecular complexity index is 758. The summed E-state index contributed by atoms with van der Waals surface area (Å²) < 4.78 is 6.19. The minimum atomic E-state index is 0.415. The lowest BCUT2D eigenvalue weighted by Gasteiger charge is -2.03. The third kappa shape index (κ3) is 2.22. The Morgan fingerprint density at radius 1 is 1.37 bits per heavy atom. The first-order valence-electron chi connectivity index (χ1n) is 5.70. The molecule has 0 amide bonds. The number of thiocarbonyl (C=S) groups is 1. The molecule has 1 aromatic carbocycles. The second-order valence-electron chi connectivity index (χ2n) is 4.12. The van der Waals surface area contributed by atoms with Crippen molar-refractivity contribution in [1.29, 1.82) is 0 Å². The summed E-state index contributed by atoms with van der Waals surface area (Å²) in [6, 6.07) is 7.89. The number of imidazole rings is 1. The predicted molar refractivity (Wildman–Crippen MR) is 79.8 cm³/mol. The maximum absolute atomic E-state index is 5.64. The van der Waals surface area contributed by atoms with E-state index in [2.05, 4.69) is 14.3 Å². The minimum Gasteiger partial charge on any atom is -0.393 e. The van der Waals surface area contributed by atoms with Crippen molar-refractivity contribution in [3.05, 3.63) is 35.9 Å². The van der Waals surface area contributed by atoms with Crippen LogP contribution in [0.1, 0.15) is 11.6 Å². The normalized spacial score (nSPS) is 11.0. The number of para-hydroxylation sites is 2. The Hall–Kier alpha value is -1.86. The summed E-state index contributed by atoms with van der Waals surface area (Å²) in [6.07, 6.45) is 0.447. The fourth-order valence-corrected chi connectivity index (χ4v) is 2.78. The minimum absolute atomic E-state index is 0.415. The van der Waals surface area contributed by atoms with Crippen LogP contribution in [0.5, 0.6) is 0 Å². The number of rotatable bonds is 3. The molecule has 0 bridgehead atoms. The Balaban J connectivity index is 2.26. The molecule has 0 unspecified atom stereocenters. The van der Waals surface area contributed by atoms with Crippen LogP contribution in [0.2, 0.25) is 0 Å². The molecule has 19 heavy (non-hydrogen) atoms. The molecule has 0 saturated heterocycles. The molecule has 2 heterocycles. The summed E-state index contributed by atoms with van der Waals surface area (Å²) in [5.41, 5.74) is 7.54. The first-order chi connectivity index (χ1) is 9.15. The van der Waals surface area contributed by atoms with E-state index < -0.39 is 0 Å². The summed E-state index contributed by atoms with van der Waals surface area (Å²) in [7, 11) is 0. The van der Waals surface area contributed by atoms with E-state index in [1.165, 1.54) is 11.5 Å². The van der Waals surface area contributed by atoms with Crippen LogP contribution in [-0.2, 0) is 6.42 Å². The zero-order valence-corrected chi connectivity index (χ0v) is 11.8. The number of benzene rings is 1. The average molecular weight is 289 g/mol. The number of fused-ring (bicyclic) bond motifs is 1. The molecular weight excluding hydrogens is 278 g/mol. The van der Waals surface area contributed by atoms with Gasteiger partial charge >= 0.3 is 0 Å². The molecule has 7 heteroatoms. The van der Waals surface area contributed by atoms with E-state index in [0.29, 0.717) is 11.4 Å². The van der Waals surface area contributed by atoms with Crippen LogP contribution in [0.3, 0.4) is 0 Å². The number of hydrogen-bond acceptors (Lipinski definition) is 5. The van der Waals surface area contributed by atoms with Crippen molar-refractivity contribution in [3.63, 3.8) is 0 Å². The topological polar surface area (TPSA) is 69.6 Å². The van der Waals surface area contributed by atoms with Crippen LogP contribution in [-0.4, -0.2) is 23.9 Å². The predicted octanol–water partition coefficient (Wildman–Crippen LogP) is 2.01. The summed E-state index contributed by atoms with van der Waals surface area (Å²) in [5.74, 6) is 1.55. The van der Waals surface area contributed by atoms with Crippen molar-refractivity contribution >= 4 is 39.8 Å². The molecule has 5 nitrogen and oxygen atoms in total. The van der Waals surface area contributed by atoms with Gasteiger partial charge in [0.2, 0.25) is 5.13 Å². The van der Waals surface area contributed by atoms with E-state index in [0.717, 1.165) is 27.8 Å². The molecular formula is C12H11N5S2. The van der Waals surface area contributed by atoms with Gasteiger partial charge in [-0.2, -0.15) is 4.37 Å². The molecule has 3 rings (SSSR count). The maximum Gasteiger partial charge on any atom is 0.215 e. The lowest BCUT2D eigenvalue weighted by atomic mass is 10.3. The standard InChI is InChI=1S/C12H11N5S2/c1-7-14-12(19-16-7)17-9-5-3-2-4-8(9)15-11(17)6-10(13)18/h2-5H,6H2,1H3,(H2,13,18). The Labute approximate surface area is 119 Å². The number of aryl methyl sites for hydroxylation is 1. The van der Waals surface area contributed by atoms with E-state index in [1.54, 1.807) is 0 Å². The van der Waals surface area contributed by atoms with Gasteiger partial charge in [-0.1, -0.05) is 24.4 Å². The highest BCUT2D eigenvalue weighted by molar-refractivity contribution is 7.80. The highest BCUT2D eigenvalue weighted by Crippen LogP contribution is 2.22. The van der Waals surface area contributed by atoms with Crippen molar-refractivity contribution in [1.82, 2.24) is 18.9 Å². The molecule has 0 spiro atoms. The van der Waals surface area contributed by atoms with Crippen molar-refractivity contribution in [3.8, 4) is 5.13 Å². The molecule has 0 aliphatic heterocycles. The lowest BCUT2D eigenvalue weighted by molar-refractivity contribution is 0.946. The number of nitrogens with two attached hydrogens (primary N) is 1. The van der Waals surface area contributed by atoms with Gasteiger partial charge in [0.05, 0.1) is 22.4 Å². The Morgan fingerprint density at radius 2 is 2.16 bits per heavy atom. The van der Waals surface area contributed by atoms with Gasteiger partial charge in [-0.05, 0) is 19.1 Å². The van der Waals surface area contributed by atoms with Gasteiger partial charge in [0.1, 0.15) is 11.6 Å². The first kappa shape index (κ1) is 12.2. The summed E-state index contributed by atoms with van der Waals surface area (Å²) in [4.78, 5) is 9.40. The third-order valence-corrected chi connectivity index (χ3v) is 3.61. The van der Waals surface area contributed by atoms with Crippen LogP contribution in [0, 0.1) is 6.92 Å². The Morgan fingerprint density at radius 3 is 2.84 bits per heavy atom. The van der Waals surface area contributed by atoms with Crippen LogP contribution in [0.4, 0.5) is 0 Å². The molecule has 3 aromatic rings. The number of nitrogens with zero attached hydrogens (tertiary/aromatic N) is 4. The van der Waals surface area contributed by atoms with Crippen molar-refractivity contribution in [2.45, 2.75) is 13.3 Å². The van der Waals surface area contributed by atoms with Crippen LogP contribution >= 0.6 is 23.8 Å². The average Bonchev–Trinajstić information content (AvgIpc) is 2.91. The van der Waals surface area contributed by atoms with Crippen molar-refractivity contribution in [2.24, 2.45) is 5.73 Å². The summed E-state index contributed by atoms with van der Waals surface area (Å²) in [5, 5.41) is 0.789. The van der Waals surface area contributed by atoms with E-state index in [9.17, 15) is 0 Å². The summed E-state index contributed by atoms with van der Waals surface area (Å²) in [6.45, 7) is 1.87. The Kier molecular flexibility index (Phi) is 3.00. The molecule has 0 aliphatic carbocycles. The smallest absolute Gasteiger partial charge is 0.215 e. The molecule has 96 valence electrons. The monoisotopic (exact) mass is 289 g/mol. The van der Waals surface area contributed by atoms with E-state index in [4.69, 9.17) is 18.0 Å². The molecule has 0 atom stereocenters. The molecule has 0 aliphatic rings. The molecule has 2 aromatic heterocycles. The maximum atomic E-state index is 5.64. The van der Waals surface area contributed by atoms with Gasteiger partial charge in [-0.15, -0.1) is 0 Å².